The fourth-order valence-electron chi connectivity index (χ4n) is 2.69. The first-order valence-corrected chi connectivity index (χ1v) is 7.54. The second-order valence-electron chi connectivity index (χ2n) is 5.16. The SMILES string of the molecule is Fc1ccc(CC(Br)CCC2CCCC2)cc1. The van der Waals surface area contributed by atoms with Crippen molar-refractivity contribution < 1.29 is 4.39 Å². The van der Waals surface area contributed by atoms with E-state index in [1.807, 2.05) is 12.1 Å². The quantitative estimate of drug-likeness (QED) is 0.663. The molecular formula is C15H20BrF. The molecule has 1 saturated carbocycles. The third-order valence-electron chi connectivity index (χ3n) is 3.73. The molecule has 0 amide bonds. The molecule has 0 bridgehead atoms. The average Bonchev–Trinajstić information content (AvgIpc) is 2.83. The van der Waals surface area contributed by atoms with Gasteiger partial charge in [-0.3, -0.25) is 0 Å². The highest BCUT2D eigenvalue weighted by atomic mass is 79.9. The van der Waals surface area contributed by atoms with Gasteiger partial charge in [0, 0.05) is 4.83 Å². The maximum Gasteiger partial charge on any atom is 0.123 e. The predicted molar refractivity (Wildman–Crippen MR) is 74.0 cm³/mol. The van der Waals surface area contributed by atoms with E-state index in [0.29, 0.717) is 4.83 Å². The monoisotopic (exact) mass is 298 g/mol. The largest absolute Gasteiger partial charge is 0.207 e. The summed E-state index contributed by atoms with van der Waals surface area (Å²) in [5.74, 6) is 0.814. The number of alkyl halides is 1. The maximum atomic E-state index is 12.8. The van der Waals surface area contributed by atoms with Gasteiger partial charge in [0.05, 0.1) is 0 Å². The molecule has 94 valence electrons. The minimum atomic E-state index is -0.147. The summed E-state index contributed by atoms with van der Waals surface area (Å²) in [7, 11) is 0. The standard InChI is InChI=1S/C15H20BrF/c16-14(8-5-12-3-1-2-4-12)11-13-6-9-15(17)10-7-13/h6-7,9-10,12,14H,1-5,8,11H2. The Labute approximate surface area is 112 Å². The van der Waals surface area contributed by atoms with Gasteiger partial charge in [0.1, 0.15) is 5.82 Å². The van der Waals surface area contributed by atoms with E-state index in [2.05, 4.69) is 15.9 Å². The first-order valence-electron chi connectivity index (χ1n) is 6.62. The molecule has 0 aliphatic heterocycles. The van der Waals surface area contributed by atoms with Gasteiger partial charge in [-0.1, -0.05) is 53.7 Å². The van der Waals surface area contributed by atoms with Gasteiger partial charge >= 0.3 is 0 Å². The lowest BCUT2D eigenvalue weighted by molar-refractivity contribution is 0.479. The lowest BCUT2D eigenvalue weighted by Crippen LogP contribution is -2.05. The van der Waals surface area contributed by atoms with Crippen LogP contribution in [0.2, 0.25) is 0 Å². The Kier molecular flexibility index (Phi) is 5.02. The van der Waals surface area contributed by atoms with Crippen LogP contribution < -0.4 is 0 Å². The second kappa shape index (κ2) is 6.53. The van der Waals surface area contributed by atoms with Gasteiger partial charge in [-0.05, 0) is 42.9 Å². The summed E-state index contributed by atoms with van der Waals surface area (Å²) < 4.78 is 12.8. The van der Waals surface area contributed by atoms with Gasteiger partial charge in [-0.2, -0.15) is 0 Å². The van der Waals surface area contributed by atoms with Crippen LogP contribution in [0.15, 0.2) is 24.3 Å². The number of rotatable bonds is 5. The molecule has 2 rings (SSSR count). The predicted octanol–water partition coefficient (Wildman–Crippen LogP) is 5.10. The van der Waals surface area contributed by atoms with Crippen LogP contribution in [0.5, 0.6) is 0 Å². The summed E-state index contributed by atoms with van der Waals surface area (Å²) in [6, 6.07) is 6.87. The number of halogens is 2. The molecule has 0 aromatic heterocycles. The highest BCUT2D eigenvalue weighted by Gasteiger charge is 2.16. The van der Waals surface area contributed by atoms with E-state index < -0.39 is 0 Å². The van der Waals surface area contributed by atoms with Crippen LogP contribution in [0.1, 0.15) is 44.1 Å². The molecule has 0 N–H and O–H groups in total. The summed E-state index contributed by atoms with van der Waals surface area (Å²) in [5.41, 5.74) is 1.22. The Morgan fingerprint density at radius 2 is 1.82 bits per heavy atom. The molecule has 2 heteroatoms. The first kappa shape index (κ1) is 13.1. The summed E-state index contributed by atoms with van der Waals surface area (Å²) in [4.78, 5) is 0.536. The van der Waals surface area contributed by atoms with Crippen molar-refractivity contribution in [1.82, 2.24) is 0 Å². The number of benzene rings is 1. The Bertz CT molecular complexity index is 327. The molecule has 1 aromatic carbocycles. The molecule has 1 aliphatic carbocycles. The molecule has 1 unspecified atom stereocenters. The molecule has 0 spiro atoms. The molecule has 17 heavy (non-hydrogen) atoms. The molecule has 0 saturated heterocycles. The molecular weight excluding hydrogens is 279 g/mol. The van der Waals surface area contributed by atoms with E-state index in [9.17, 15) is 4.39 Å². The molecule has 1 fully saturated rings. The Balaban J connectivity index is 1.72. The van der Waals surface area contributed by atoms with E-state index in [1.165, 1.54) is 44.1 Å². The van der Waals surface area contributed by atoms with Crippen LogP contribution in [0.25, 0.3) is 0 Å². The Morgan fingerprint density at radius 1 is 1.18 bits per heavy atom. The highest BCUT2D eigenvalue weighted by Crippen LogP contribution is 2.30. The number of hydrogen-bond donors (Lipinski definition) is 0. The van der Waals surface area contributed by atoms with Crippen LogP contribution in [0.3, 0.4) is 0 Å². The third kappa shape index (κ3) is 4.42. The lowest BCUT2D eigenvalue weighted by Gasteiger charge is -2.13. The van der Waals surface area contributed by atoms with E-state index >= 15 is 0 Å². The van der Waals surface area contributed by atoms with E-state index in [-0.39, 0.29) is 5.82 Å². The van der Waals surface area contributed by atoms with Crippen molar-refractivity contribution in [3.63, 3.8) is 0 Å². The summed E-state index contributed by atoms with van der Waals surface area (Å²) in [5, 5.41) is 0. The van der Waals surface area contributed by atoms with Crippen molar-refractivity contribution in [3.8, 4) is 0 Å². The third-order valence-corrected chi connectivity index (χ3v) is 4.51. The lowest BCUT2D eigenvalue weighted by atomic mass is 9.98. The Hall–Kier alpha value is -0.370. The van der Waals surface area contributed by atoms with Crippen molar-refractivity contribution in [3.05, 3.63) is 35.6 Å². The molecule has 1 aromatic rings. The minimum absolute atomic E-state index is 0.147. The van der Waals surface area contributed by atoms with Crippen molar-refractivity contribution in [2.75, 3.05) is 0 Å². The van der Waals surface area contributed by atoms with Crippen LogP contribution >= 0.6 is 15.9 Å². The fraction of sp³-hybridized carbons (Fsp3) is 0.600. The van der Waals surface area contributed by atoms with Crippen LogP contribution in [-0.4, -0.2) is 4.83 Å². The smallest absolute Gasteiger partial charge is 0.123 e. The normalized spacial score (nSPS) is 18.5. The molecule has 1 aliphatic rings. The fourth-order valence-corrected chi connectivity index (χ4v) is 3.33. The molecule has 0 radical (unpaired) electrons. The van der Waals surface area contributed by atoms with Crippen molar-refractivity contribution in [2.45, 2.75) is 49.8 Å². The number of hydrogen-bond acceptors (Lipinski definition) is 0. The first-order chi connectivity index (χ1) is 8.24. The van der Waals surface area contributed by atoms with Gasteiger partial charge in [0.2, 0.25) is 0 Å². The van der Waals surface area contributed by atoms with E-state index in [4.69, 9.17) is 0 Å². The summed E-state index contributed by atoms with van der Waals surface area (Å²) in [6.45, 7) is 0. The summed E-state index contributed by atoms with van der Waals surface area (Å²) in [6.07, 6.45) is 9.30. The van der Waals surface area contributed by atoms with Crippen LogP contribution in [0, 0.1) is 11.7 Å². The zero-order valence-corrected chi connectivity index (χ0v) is 11.8. The molecule has 0 nitrogen and oxygen atoms in total. The zero-order chi connectivity index (χ0) is 12.1. The Morgan fingerprint density at radius 3 is 2.47 bits per heavy atom. The van der Waals surface area contributed by atoms with E-state index in [1.54, 1.807) is 12.1 Å². The van der Waals surface area contributed by atoms with Crippen molar-refractivity contribution in [2.24, 2.45) is 5.92 Å². The van der Waals surface area contributed by atoms with Crippen LogP contribution in [0.4, 0.5) is 4.39 Å². The summed E-state index contributed by atoms with van der Waals surface area (Å²) >= 11 is 3.75. The van der Waals surface area contributed by atoms with E-state index in [0.717, 1.165) is 12.3 Å². The topological polar surface area (TPSA) is 0 Å². The maximum absolute atomic E-state index is 12.8. The van der Waals surface area contributed by atoms with Crippen molar-refractivity contribution >= 4 is 15.9 Å². The average molecular weight is 299 g/mol. The van der Waals surface area contributed by atoms with Gasteiger partial charge < -0.3 is 0 Å². The van der Waals surface area contributed by atoms with Crippen molar-refractivity contribution in [1.29, 1.82) is 0 Å². The molecule has 0 heterocycles. The zero-order valence-electron chi connectivity index (χ0n) is 10.2. The van der Waals surface area contributed by atoms with Gasteiger partial charge in [0.25, 0.3) is 0 Å². The van der Waals surface area contributed by atoms with Gasteiger partial charge in [-0.15, -0.1) is 0 Å². The highest BCUT2D eigenvalue weighted by molar-refractivity contribution is 9.09. The van der Waals surface area contributed by atoms with Gasteiger partial charge in [-0.25, -0.2) is 4.39 Å². The van der Waals surface area contributed by atoms with Crippen LogP contribution in [-0.2, 0) is 6.42 Å². The second-order valence-corrected chi connectivity index (χ2v) is 6.45. The van der Waals surface area contributed by atoms with Gasteiger partial charge in [0.15, 0.2) is 0 Å². The minimum Gasteiger partial charge on any atom is -0.207 e. The molecule has 1 atom stereocenters.